The summed E-state index contributed by atoms with van der Waals surface area (Å²) in [4.78, 5) is 18.3. The second-order valence-electron chi connectivity index (χ2n) is 9.04. The van der Waals surface area contributed by atoms with Gasteiger partial charge in [-0.1, -0.05) is 23.4 Å². The summed E-state index contributed by atoms with van der Waals surface area (Å²) in [6, 6.07) is 10.1. The molecule has 3 rings (SSSR count). The number of rotatable bonds is 10. The highest BCUT2D eigenvalue weighted by molar-refractivity contribution is 5.98. The number of hydrogen-bond acceptors (Lipinski definition) is 5. The Morgan fingerprint density at radius 3 is 2.63 bits per heavy atom. The summed E-state index contributed by atoms with van der Waals surface area (Å²) in [5.41, 5.74) is 3.35. The van der Waals surface area contributed by atoms with Crippen LogP contribution in [0.4, 0.5) is 13.2 Å². The highest BCUT2D eigenvalue weighted by atomic mass is 19.4. The molecule has 6 nitrogen and oxygen atoms in total. The molecule has 2 aromatic carbocycles. The van der Waals surface area contributed by atoms with Gasteiger partial charge in [-0.15, -0.1) is 0 Å². The Kier molecular flexibility index (Phi) is 8.43. The van der Waals surface area contributed by atoms with E-state index in [9.17, 15) is 18.0 Å². The summed E-state index contributed by atoms with van der Waals surface area (Å²) in [6.45, 7) is 5.50. The van der Waals surface area contributed by atoms with Gasteiger partial charge in [0.05, 0.1) is 23.8 Å². The monoisotopic (exact) mass is 492 g/mol. The summed E-state index contributed by atoms with van der Waals surface area (Å²) in [6.07, 6.45) is -3.02. The number of benzene rings is 2. The number of nitrogens with zero attached hydrogens (tertiary/aromatic N) is 2. The minimum atomic E-state index is -4.54. The van der Waals surface area contributed by atoms with Gasteiger partial charge in [-0.2, -0.15) is 13.2 Å². The van der Waals surface area contributed by atoms with Crippen molar-refractivity contribution in [3.05, 3.63) is 64.2 Å². The Bertz CT molecular complexity index is 1080. The van der Waals surface area contributed by atoms with Crippen molar-refractivity contribution < 1.29 is 32.6 Å². The van der Waals surface area contributed by atoms with Gasteiger partial charge < -0.3 is 14.7 Å². The van der Waals surface area contributed by atoms with E-state index in [2.05, 4.69) is 10.1 Å². The number of alkyl halides is 3. The molecular formula is C26H31F3N2O4. The van der Waals surface area contributed by atoms with Gasteiger partial charge in [-0.3, -0.25) is 9.69 Å². The summed E-state index contributed by atoms with van der Waals surface area (Å²) in [7, 11) is 1.93. The maximum absolute atomic E-state index is 13.4. The van der Waals surface area contributed by atoms with Crippen molar-refractivity contribution in [1.29, 1.82) is 0 Å². The zero-order valence-electron chi connectivity index (χ0n) is 20.4. The van der Waals surface area contributed by atoms with Crippen molar-refractivity contribution >= 4 is 11.7 Å². The normalized spacial score (nSPS) is 16.0. The van der Waals surface area contributed by atoms with E-state index >= 15 is 0 Å². The summed E-state index contributed by atoms with van der Waals surface area (Å²) in [5, 5.41) is 13.0. The molecule has 190 valence electrons. The van der Waals surface area contributed by atoms with E-state index in [0.717, 1.165) is 24.5 Å². The topological polar surface area (TPSA) is 71.4 Å². The van der Waals surface area contributed by atoms with Gasteiger partial charge in [0.25, 0.3) is 0 Å². The average molecular weight is 493 g/mol. The zero-order chi connectivity index (χ0) is 25.8. The van der Waals surface area contributed by atoms with Gasteiger partial charge in [-0.25, -0.2) is 0 Å². The van der Waals surface area contributed by atoms with Gasteiger partial charge in [-0.05, 0) is 81.1 Å². The molecule has 1 N–H and O–H groups in total. The molecule has 0 fully saturated rings. The van der Waals surface area contributed by atoms with Crippen LogP contribution in [0, 0.1) is 0 Å². The predicted molar refractivity (Wildman–Crippen MR) is 127 cm³/mol. The van der Waals surface area contributed by atoms with E-state index in [4.69, 9.17) is 14.7 Å². The smallest absolute Gasteiger partial charge is 0.419 e. The molecule has 35 heavy (non-hydrogen) atoms. The molecule has 0 saturated heterocycles. The lowest BCUT2D eigenvalue weighted by Gasteiger charge is -2.24. The van der Waals surface area contributed by atoms with Crippen LogP contribution in [-0.4, -0.2) is 41.4 Å². The van der Waals surface area contributed by atoms with Crippen molar-refractivity contribution in [3.8, 4) is 5.75 Å². The van der Waals surface area contributed by atoms with Crippen molar-refractivity contribution in [3.63, 3.8) is 0 Å². The van der Waals surface area contributed by atoms with Crippen LogP contribution >= 0.6 is 0 Å². The zero-order valence-corrected chi connectivity index (χ0v) is 20.4. The standard InChI is InChI=1S/C26H31F3N2O4/c1-16(2)35-24-10-5-18(13-22(24)26(27,28)29)15-34-30-17(3)19-6-8-21-20(14-19)7-9-23(21)31(4)12-11-25(32)33/h5-6,8,10,13-14,16,23H,7,9,11-12,15H2,1-4H3,(H,32,33)/b30-17+/t23-/m1/s1. The van der Waals surface area contributed by atoms with Crippen LogP contribution in [-0.2, 0) is 28.8 Å². The molecule has 0 spiro atoms. The number of oxime groups is 1. The number of carboxylic acids is 1. The Labute approximate surface area is 203 Å². The van der Waals surface area contributed by atoms with Gasteiger partial charge >= 0.3 is 12.1 Å². The molecule has 9 heteroatoms. The van der Waals surface area contributed by atoms with Crippen LogP contribution < -0.4 is 4.74 Å². The molecule has 1 aliphatic rings. The van der Waals surface area contributed by atoms with Crippen LogP contribution in [0.1, 0.15) is 67.5 Å². The lowest BCUT2D eigenvalue weighted by Crippen LogP contribution is -2.25. The fraction of sp³-hybridized carbons (Fsp3) is 0.462. The first-order valence-electron chi connectivity index (χ1n) is 11.5. The number of hydrogen-bond donors (Lipinski definition) is 1. The van der Waals surface area contributed by atoms with Crippen molar-refractivity contribution in [2.45, 2.75) is 65.0 Å². The van der Waals surface area contributed by atoms with Crippen LogP contribution in [0.2, 0.25) is 0 Å². The van der Waals surface area contributed by atoms with E-state index < -0.39 is 17.7 Å². The average Bonchev–Trinajstić information content (AvgIpc) is 3.20. The molecule has 0 radical (unpaired) electrons. The summed E-state index contributed by atoms with van der Waals surface area (Å²) >= 11 is 0. The van der Waals surface area contributed by atoms with Crippen LogP contribution in [0.15, 0.2) is 41.6 Å². The maximum atomic E-state index is 13.4. The fourth-order valence-corrected chi connectivity index (χ4v) is 4.21. The van der Waals surface area contributed by atoms with E-state index in [-0.39, 0.29) is 30.9 Å². The molecule has 0 heterocycles. The first kappa shape index (κ1) is 26.5. The number of fused-ring (bicyclic) bond motifs is 1. The lowest BCUT2D eigenvalue weighted by molar-refractivity contribution is -0.139. The molecule has 0 aliphatic heterocycles. The van der Waals surface area contributed by atoms with Gasteiger partial charge in [0.2, 0.25) is 0 Å². The SMILES string of the molecule is C/C(=N\OCc1ccc(OC(C)C)c(C(F)(F)F)c1)c1ccc2c(c1)CC[C@H]2N(C)CCC(=O)O. The first-order chi connectivity index (χ1) is 16.5. The third-order valence-corrected chi connectivity index (χ3v) is 5.96. The van der Waals surface area contributed by atoms with E-state index in [0.29, 0.717) is 17.8 Å². The largest absolute Gasteiger partial charge is 0.490 e. The summed E-state index contributed by atoms with van der Waals surface area (Å²) in [5.74, 6) is -1.02. The number of carbonyl (C=O) groups is 1. The first-order valence-corrected chi connectivity index (χ1v) is 11.5. The van der Waals surface area contributed by atoms with Crippen molar-refractivity contribution in [2.24, 2.45) is 5.16 Å². The van der Waals surface area contributed by atoms with E-state index in [1.165, 1.54) is 23.3 Å². The number of carboxylic acid groups (broad SMARTS) is 1. The molecule has 1 aliphatic carbocycles. The number of aliphatic carboxylic acids is 1. The Morgan fingerprint density at radius 1 is 1.23 bits per heavy atom. The van der Waals surface area contributed by atoms with Gasteiger partial charge in [0.1, 0.15) is 12.4 Å². The molecule has 0 saturated carbocycles. The maximum Gasteiger partial charge on any atom is 0.419 e. The third-order valence-electron chi connectivity index (χ3n) is 5.96. The van der Waals surface area contributed by atoms with Crippen LogP contribution in [0.25, 0.3) is 0 Å². The molecule has 1 atom stereocenters. The molecule has 0 aromatic heterocycles. The van der Waals surface area contributed by atoms with Gasteiger partial charge in [0.15, 0.2) is 0 Å². The van der Waals surface area contributed by atoms with Crippen LogP contribution in [0.3, 0.4) is 0 Å². The van der Waals surface area contributed by atoms with Crippen LogP contribution in [0.5, 0.6) is 5.75 Å². The Morgan fingerprint density at radius 2 is 1.97 bits per heavy atom. The van der Waals surface area contributed by atoms with E-state index in [1.54, 1.807) is 20.8 Å². The molecular weight excluding hydrogens is 461 g/mol. The number of aryl methyl sites for hydroxylation is 1. The Hall–Kier alpha value is -3.07. The molecule has 0 amide bonds. The summed E-state index contributed by atoms with van der Waals surface area (Å²) < 4.78 is 45.6. The lowest BCUT2D eigenvalue weighted by atomic mass is 10.0. The third kappa shape index (κ3) is 6.97. The molecule has 0 bridgehead atoms. The molecule has 0 unspecified atom stereocenters. The highest BCUT2D eigenvalue weighted by Gasteiger charge is 2.35. The van der Waals surface area contributed by atoms with E-state index in [1.807, 2.05) is 25.2 Å². The second kappa shape index (κ2) is 11.1. The fourth-order valence-electron chi connectivity index (χ4n) is 4.21. The quantitative estimate of drug-likeness (QED) is 0.334. The second-order valence-corrected chi connectivity index (χ2v) is 9.04. The minimum Gasteiger partial charge on any atom is -0.490 e. The highest BCUT2D eigenvalue weighted by Crippen LogP contribution is 2.38. The Balaban J connectivity index is 1.67. The minimum absolute atomic E-state index is 0.0987. The number of ether oxygens (including phenoxy) is 1. The van der Waals surface area contributed by atoms with Crippen molar-refractivity contribution in [2.75, 3.05) is 13.6 Å². The number of halogens is 3. The predicted octanol–water partition coefficient (Wildman–Crippen LogP) is 5.83. The van der Waals surface area contributed by atoms with Crippen molar-refractivity contribution in [1.82, 2.24) is 4.90 Å². The van der Waals surface area contributed by atoms with Gasteiger partial charge in [0, 0.05) is 12.6 Å². The molecule has 2 aromatic rings.